The average Bonchev–Trinajstić information content (AvgIpc) is 3.05. The van der Waals surface area contributed by atoms with Crippen LogP contribution >= 0.6 is 0 Å². The highest BCUT2D eigenvalue weighted by atomic mass is 32.2. The molecule has 1 heterocycles. The van der Waals surface area contributed by atoms with Gasteiger partial charge in [0, 0.05) is 28.0 Å². The molecule has 0 bridgehead atoms. The van der Waals surface area contributed by atoms with E-state index >= 15 is 0 Å². The molecular formula is C18H30N2O4S. The SMILES string of the molecule is CC(C)(CO)c1cc(NC(=O)C(C)(C)S(=O)CC2CCCCC2)on1. The second-order valence-electron chi connectivity index (χ2n) is 8.10. The van der Waals surface area contributed by atoms with E-state index in [2.05, 4.69) is 10.5 Å². The summed E-state index contributed by atoms with van der Waals surface area (Å²) in [5, 5.41) is 16.0. The van der Waals surface area contributed by atoms with Crippen molar-refractivity contribution in [1.82, 2.24) is 5.16 Å². The molecule has 1 aromatic heterocycles. The van der Waals surface area contributed by atoms with Crippen molar-refractivity contribution in [1.29, 1.82) is 0 Å². The summed E-state index contributed by atoms with van der Waals surface area (Å²) in [6, 6.07) is 1.61. The van der Waals surface area contributed by atoms with Crippen molar-refractivity contribution in [2.24, 2.45) is 5.92 Å². The Kier molecular flexibility index (Phi) is 6.43. The number of carbonyl (C=O) groups excluding carboxylic acids is 1. The minimum atomic E-state index is -1.26. The summed E-state index contributed by atoms with van der Waals surface area (Å²) in [7, 11) is -1.26. The number of nitrogens with one attached hydrogen (secondary N) is 1. The van der Waals surface area contributed by atoms with Crippen LogP contribution in [0.5, 0.6) is 0 Å². The number of aliphatic hydroxyl groups excluding tert-OH is 1. The molecule has 0 aliphatic heterocycles. The highest BCUT2D eigenvalue weighted by Gasteiger charge is 2.37. The molecule has 1 aliphatic carbocycles. The van der Waals surface area contributed by atoms with Crippen LogP contribution in [0.4, 0.5) is 5.88 Å². The Bertz CT molecular complexity index is 618. The molecular weight excluding hydrogens is 340 g/mol. The Hall–Kier alpha value is -1.21. The fourth-order valence-electron chi connectivity index (χ4n) is 2.88. The molecule has 0 aromatic carbocycles. The molecule has 1 aromatic rings. The molecule has 6 nitrogen and oxygen atoms in total. The topological polar surface area (TPSA) is 92.4 Å². The molecule has 25 heavy (non-hydrogen) atoms. The zero-order chi connectivity index (χ0) is 18.7. The van der Waals surface area contributed by atoms with Crippen LogP contribution in [-0.2, 0) is 21.0 Å². The number of amides is 1. The first-order valence-corrected chi connectivity index (χ1v) is 10.3. The first kappa shape index (κ1) is 20.1. The third-order valence-electron chi connectivity index (χ3n) is 5.06. The van der Waals surface area contributed by atoms with Gasteiger partial charge in [-0.05, 0) is 32.6 Å². The fraction of sp³-hybridized carbons (Fsp3) is 0.778. The normalized spacial score (nSPS) is 18.1. The maximum absolute atomic E-state index is 12.7. The summed E-state index contributed by atoms with van der Waals surface area (Å²) in [6.45, 7) is 7.00. The molecule has 1 amide bonds. The van der Waals surface area contributed by atoms with Crippen LogP contribution in [-0.4, -0.2) is 37.5 Å². The predicted octanol–water partition coefficient (Wildman–Crippen LogP) is 2.99. The van der Waals surface area contributed by atoms with Crippen molar-refractivity contribution in [2.45, 2.75) is 70.0 Å². The molecule has 0 spiro atoms. The van der Waals surface area contributed by atoms with Gasteiger partial charge in [-0.25, -0.2) is 0 Å². The Labute approximate surface area is 152 Å². The quantitative estimate of drug-likeness (QED) is 0.770. The van der Waals surface area contributed by atoms with Crippen molar-refractivity contribution in [2.75, 3.05) is 17.7 Å². The highest BCUT2D eigenvalue weighted by Crippen LogP contribution is 2.28. The summed E-state index contributed by atoms with van der Waals surface area (Å²) in [6.07, 6.45) is 5.84. The van der Waals surface area contributed by atoms with Gasteiger partial charge in [-0.15, -0.1) is 0 Å². The maximum Gasteiger partial charge on any atom is 0.245 e. The van der Waals surface area contributed by atoms with E-state index < -0.39 is 21.0 Å². The third-order valence-corrected chi connectivity index (χ3v) is 7.16. The van der Waals surface area contributed by atoms with E-state index in [4.69, 9.17) is 4.52 Å². The summed E-state index contributed by atoms with van der Waals surface area (Å²) < 4.78 is 16.9. The monoisotopic (exact) mass is 370 g/mol. The van der Waals surface area contributed by atoms with E-state index in [-0.39, 0.29) is 18.4 Å². The van der Waals surface area contributed by atoms with E-state index in [0.29, 0.717) is 17.4 Å². The van der Waals surface area contributed by atoms with Gasteiger partial charge in [-0.3, -0.25) is 14.3 Å². The number of nitrogens with zero attached hydrogens (tertiary/aromatic N) is 1. The maximum atomic E-state index is 12.7. The molecule has 1 saturated carbocycles. The average molecular weight is 371 g/mol. The second-order valence-corrected chi connectivity index (χ2v) is 10.1. The van der Waals surface area contributed by atoms with E-state index in [1.54, 1.807) is 19.9 Å². The van der Waals surface area contributed by atoms with Crippen molar-refractivity contribution < 1.29 is 18.6 Å². The number of hydrogen-bond acceptors (Lipinski definition) is 5. The number of hydrogen-bond donors (Lipinski definition) is 2. The highest BCUT2D eigenvalue weighted by molar-refractivity contribution is 7.87. The largest absolute Gasteiger partial charge is 0.395 e. The van der Waals surface area contributed by atoms with Crippen LogP contribution in [0.15, 0.2) is 10.6 Å². The molecule has 7 heteroatoms. The lowest BCUT2D eigenvalue weighted by Crippen LogP contribution is -2.43. The predicted molar refractivity (Wildman–Crippen MR) is 98.9 cm³/mol. The number of aliphatic hydroxyl groups is 1. The van der Waals surface area contributed by atoms with Crippen LogP contribution in [0.25, 0.3) is 0 Å². The van der Waals surface area contributed by atoms with Gasteiger partial charge in [0.15, 0.2) is 0 Å². The zero-order valence-electron chi connectivity index (χ0n) is 15.6. The lowest BCUT2D eigenvalue weighted by molar-refractivity contribution is -0.117. The van der Waals surface area contributed by atoms with Crippen LogP contribution < -0.4 is 5.32 Å². The molecule has 1 fully saturated rings. The summed E-state index contributed by atoms with van der Waals surface area (Å²) in [5.74, 6) is 0.888. The van der Waals surface area contributed by atoms with Gasteiger partial charge in [0.25, 0.3) is 0 Å². The van der Waals surface area contributed by atoms with Gasteiger partial charge in [-0.2, -0.15) is 0 Å². The van der Waals surface area contributed by atoms with Gasteiger partial charge in [0.05, 0.1) is 12.3 Å². The summed E-state index contributed by atoms with van der Waals surface area (Å²) >= 11 is 0. The molecule has 0 saturated heterocycles. The first-order chi connectivity index (χ1) is 11.7. The molecule has 0 radical (unpaired) electrons. The lowest BCUT2D eigenvalue weighted by Gasteiger charge is -2.27. The number of rotatable bonds is 7. The molecule has 142 valence electrons. The minimum absolute atomic E-state index is 0.0795. The van der Waals surface area contributed by atoms with Crippen molar-refractivity contribution in [3.8, 4) is 0 Å². The van der Waals surface area contributed by atoms with Crippen LogP contribution in [0, 0.1) is 5.92 Å². The first-order valence-electron chi connectivity index (χ1n) is 8.95. The van der Waals surface area contributed by atoms with E-state index in [1.165, 1.54) is 19.3 Å². The molecule has 1 aliphatic rings. The summed E-state index contributed by atoms with van der Waals surface area (Å²) in [5.41, 5.74) is 0.0117. The standard InChI is InChI=1S/C18H30N2O4S/c1-17(2,12-21)14-10-15(24-20-14)19-16(22)18(3,4)25(23)11-13-8-6-5-7-9-13/h10,13,21H,5-9,11-12H2,1-4H3,(H,19,22). The number of anilines is 1. The van der Waals surface area contributed by atoms with Gasteiger partial charge >= 0.3 is 0 Å². The molecule has 2 rings (SSSR count). The number of carbonyl (C=O) groups is 1. The molecule has 2 N–H and O–H groups in total. The van der Waals surface area contributed by atoms with Crippen LogP contribution in [0.3, 0.4) is 0 Å². The van der Waals surface area contributed by atoms with E-state index in [9.17, 15) is 14.1 Å². The second kappa shape index (κ2) is 7.99. The van der Waals surface area contributed by atoms with Crippen molar-refractivity contribution >= 4 is 22.6 Å². The smallest absolute Gasteiger partial charge is 0.245 e. The summed E-state index contributed by atoms with van der Waals surface area (Å²) in [4.78, 5) is 12.6. The van der Waals surface area contributed by atoms with Gasteiger partial charge in [0.1, 0.15) is 4.75 Å². The van der Waals surface area contributed by atoms with Crippen molar-refractivity contribution in [3.63, 3.8) is 0 Å². The number of aromatic nitrogens is 1. The third kappa shape index (κ3) is 4.91. The fourth-order valence-corrected chi connectivity index (χ4v) is 4.31. The van der Waals surface area contributed by atoms with E-state index in [1.807, 2.05) is 13.8 Å². The molecule has 1 unspecified atom stereocenters. The Morgan fingerprint density at radius 3 is 2.56 bits per heavy atom. The van der Waals surface area contributed by atoms with Crippen LogP contribution in [0.1, 0.15) is 65.5 Å². The van der Waals surface area contributed by atoms with Gasteiger partial charge in [-0.1, -0.05) is 38.3 Å². The zero-order valence-corrected chi connectivity index (χ0v) is 16.4. The Morgan fingerprint density at radius 1 is 1.32 bits per heavy atom. The van der Waals surface area contributed by atoms with Crippen LogP contribution in [0.2, 0.25) is 0 Å². The van der Waals surface area contributed by atoms with Gasteiger partial charge < -0.3 is 9.63 Å². The Morgan fingerprint density at radius 2 is 1.96 bits per heavy atom. The lowest BCUT2D eigenvalue weighted by atomic mass is 9.91. The minimum Gasteiger partial charge on any atom is -0.395 e. The van der Waals surface area contributed by atoms with Crippen molar-refractivity contribution in [3.05, 3.63) is 11.8 Å². The van der Waals surface area contributed by atoms with E-state index in [0.717, 1.165) is 12.8 Å². The molecule has 1 atom stereocenters. The Balaban J connectivity index is 1.99. The van der Waals surface area contributed by atoms with Gasteiger partial charge in [0.2, 0.25) is 11.8 Å².